The number of H-pyrrole nitrogens is 2. The van der Waals surface area contributed by atoms with E-state index in [0.29, 0.717) is 28.2 Å². The van der Waals surface area contributed by atoms with Gasteiger partial charge in [0, 0.05) is 17.6 Å². The third-order valence-electron chi connectivity index (χ3n) is 7.61. The van der Waals surface area contributed by atoms with Crippen molar-refractivity contribution >= 4 is 0 Å². The molecule has 1 fully saturated rings. The summed E-state index contributed by atoms with van der Waals surface area (Å²) in [5.74, 6) is -0.685. The van der Waals surface area contributed by atoms with Crippen molar-refractivity contribution < 1.29 is 0 Å². The van der Waals surface area contributed by atoms with Crippen LogP contribution in [0, 0.1) is 13.8 Å². The molecule has 38 heavy (non-hydrogen) atoms. The molecule has 0 amide bonds. The molecule has 3 aromatic heterocycles. The maximum atomic E-state index is 13.9. The highest BCUT2D eigenvalue weighted by Gasteiger charge is 2.33. The molecule has 9 nitrogen and oxygen atoms in total. The Balaban J connectivity index is 1.54. The highest BCUT2D eigenvalue weighted by molar-refractivity contribution is 5.45. The number of rotatable bonds is 6. The lowest BCUT2D eigenvalue weighted by Gasteiger charge is -2.21. The molecule has 2 aromatic carbocycles. The number of nitrogens with zero attached hydrogens (tertiary/aromatic N) is 5. The molecule has 0 unspecified atom stereocenters. The minimum Gasteiger partial charge on any atom is -0.295 e. The van der Waals surface area contributed by atoms with Crippen LogP contribution in [-0.4, -0.2) is 34.6 Å². The van der Waals surface area contributed by atoms with Crippen molar-refractivity contribution in [3.05, 3.63) is 116 Å². The van der Waals surface area contributed by atoms with Gasteiger partial charge in [-0.15, -0.1) is 5.10 Å². The predicted octanol–water partition coefficient (Wildman–Crippen LogP) is 4.54. The number of aryl methyl sites for hydroxylation is 2. The standard InChI is InChI=1S/C29H31N7O2/c1-19-25(28(37)35(31-19)22-14-8-4-9-15-22)27(24-18-34(33-30-24)21-12-6-3-7-13-21)26-20(2)32-36(29(26)38)23-16-10-5-11-17-23/h4-5,8-11,14-18,21,27,31-32H,3,6-7,12-13H2,1-2H3. The summed E-state index contributed by atoms with van der Waals surface area (Å²) in [5.41, 5.74) is 3.97. The second-order valence-electron chi connectivity index (χ2n) is 10.1. The van der Waals surface area contributed by atoms with Crippen molar-refractivity contribution in [2.75, 3.05) is 0 Å². The van der Waals surface area contributed by atoms with Crippen LogP contribution in [-0.2, 0) is 0 Å². The van der Waals surface area contributed by atoms with Gasteiger partial charge in [-0.3, -0.25) is 19.8 Å². The Labute approximate surface area is 219 Å². The monoisotopic (exact) mass is 509 g/mol. The summed E-state index contributed by atoms with van der Waals surface area (Å²) in [6.45, 7) is 3.74. The van der Waals surface area contributed by atoms with Gasteiger partial charge in [-0.25, -0.2) is 14.0 Å². The van der Waals surface area contributed by atoms with E-state index < -0.39 is 5.92 Å². The fraction of sp³-hybridized carbons (Fsp3) is 0.310. The van der Waals surface area contributed by atoms with Crippen molar-refractivity contribution in [1.82, 2.24) is 34.6 Å². The van der Waals surface area contributed by atoms with Crippen molar-refractivity contribution in [3.8, 4) is 11.4 Å². The van der Waals surface area contributed by atoms with E-state index in [4.69, 9.17) is 0 Å². The zero-order valence-electron chi connectivity index (χ0n) is 21.6. The smallest absolute Gasteiger partial charge is 0.275 e. The number of nitrogens with one attached hydrogen (secondary N) is 2. The quantitative estimate of drug-likeness (QED) is 0.351. The van der Waals surface area contributed by atoms with Gasteiger partial charge < -0.3 is 0 Å². The van der Waals surface area contributed by atoms with Crippen LogP contribution in [0.25, 0.3) is 11.4 Å². The van der Waals surface area contributed by atoms with Crippen LogP contribution in [0.5, 0.6) is 0 Å². The van der Waals surface area contributed by atoms with Crippen LogP contribution in [0.2, 0.25) is 0 Å². The number of benzene rings is 2. The highest BCUT2D eigenvalue weighted by Crippen LogP contribution is 2.33. The van der Waals surface area contributed by atoms with Crippen LogP contribution < -0.4 is 11.1 Å². The summed E-state index contributed by atoms with van der Waals surface area (Å²) in [6, 6.07) is 19.2. The van der Waals surface area contributed by atoms with Crippen LogP contribution >= 0.6 is 0 Å². The van der Waals surface area contributed by atoms with Gasteiger partial charge in [0.15, 0.2) is 0 Å². The summed E-state index contributed by atoms with van der Waals surface area (Å²) in [4.78, 5) is 27.9. The fourth-order valence-corrected chi connectivity index (χ4v) is 5.70. The van der Waals surface area contributed by atoms with Crippen molar-refractivity contribution in [2.45, 2.75) is 57.9 Å². The Hall–Kier alpha value is -4.40. The minimum atomic E-state index is -0.685. The maximum absolute atomic E-state index is 13.9. The molecule has 1 saturated carbocycles. The number of para-hydroxylation sites is 2. The first kappa shape index (κ1) is 24.0. The summed E-state index contributed by atoms with van der Waals surface area (Å²) < 4.78 is 4.98. The largest absolute Gasteiger partial charge is 0.295 e. The lowest BCUT2D eigenvalue weighted by atomic mass is 9.89. The Bertz CT molecular complexity index is 1570. The predicted molar refractivity (Wildman–Crippen MR) is 145 cm³/mol. The van der Waals surface area contributed by atoms with Gasteiger partial charge in [0.1, 0.15) is 0 Å². The van der Waals surface area contributed by atoms with Crippen LogP contribution in [0.15, 0.2) is 76.4 Å². The molecule has 1 aliphatic rings. The van der Waals surface area contributed by atoms with Crippen LogP contribution in [0.1, 0.15) is 72.3 Å². The van der Waals surface area contributed by atoms with E-state index in [0.717, 1.165) is 24.2 Å². The molecule has 1 aliphatic carbocycles. The number of aromatic amines is 2. The Morgan fingerprint density at radius 3 is 1.76 bits per heavy atom. The zero-order chi connectivity index (χ0) is 26.2. The molecule has 0 saturated heterocycles. The number of aromatic nitrogens is 7. The highest BCUT2D eigenvalue weighted by atomic mass is 16.1. The van der Waals surface area contributed by atoms with E-state index in [-0.39, 0.29) is 17.2 Å². The van der Waals surface area contributed by atoms with Gasteiger partial charge in [0.25, 0.3) is 11.1 Å². The molecule has 5 aromatic rings. The van der Waals surface area contributed by atoms with E-state index in [1.54, 1.807) is 0 Å². The topological polar surface area (TPSA) is 106 Å². The lowest BCUT2D eigenvalue weighted by molar-refractivity contribution is 0.324. The van der Waals surface area contributed by atoms with Crippen molar-refractivity contribution in [1.29, 1.82) is 0 Å². The molecule has 2 N–H and O–H groups in total. The Morgan fingerprint density at radius 2 is 1.26 bits per heavy atom. The third-order valence-corrected chi connectivity index (χ3v) is 7.61. The molecule has 3 heterocycles. The maximum Gasteiger partial charge on any atom is 0.275 e. The first-order valence-corrected chi connectivity index (χ1v) is 13.2. The molecule has 6 rings (SSSR count). The Kier molecular flexibility index (Phi) is 6.19. The van der Waals surface area contributed by atoms with E-state index in [2.05, 4.69) is 20.5 Å². The summed E-state index contributed by atoms with van der Waals surface area (Å²) >= 11 is 0. The average Bonchev–Trinajstić information content (AvgIpc) is 3.64. The van der Waals surface area contributed by atoms with Crippen LogP contribution in [0.4, 0.5) is 0 Å². The Morgan fingerprint density at radius 1 is 0.763 bits per heavy atom. The van der Waals surface area contributed by atoms with Gasteiger partial charge >= 0.3 is 0 Å². The molecule has 9 heteroatoms. The first-order chi connectivity index (χ1) is 18.5. The number of hydrogen-bond donors (Lipinski definition) is 2. The molecule has 194 valence electrons. The van der Waals surface area contributed by atoms with E-state index in [1.165, 1.54) is 28.6 Å². The van der Waals surface area contributed by atoms with Gasteiger partial charge in [-0.05, 0) is 51.0 Å². The third kappa shape index (κ3) is 4.13. The normalized spacial score (nSPS) is 14.4. The van der Waals surface area contributed by atoms with Gasteiger partial charge in [-0.1, -0.05) is 60.9 Å². The molecular formula is C29H31N7O2. The molecule has 0 bridgehead atoms. The van der Waals surface area contributed by atoms with E-state index >= 15 is 0 Å². The average molecular weight is 510 g/mol. The molecule has 0 radical (unpaired) electrons. The van der Waals surface area contributed by atoms with Crippen molar-refractivity contribution in [3.63, 3.8) is 0 Å². The zero-order valence-corrected chi connectivity index (χ0v) is 21.6. The summed E-state index contributed by atoms with van der Waals surface area (Å²) in [6.07, 6.45) is 7.62. The van der Waals surface area contributed by atoms with Gasteiger partial charge in [-0.2, -0.15) is 0 Å². The van der Waals surface area contributed by atoms with Crippen LogP contribution in [0.3, 0.4) is 0 Å². The fourth-order valence-electron chi connectivity index (χ4n) is 5.70. The lowest BCUT2D eigenvalue weighted by Crippen LogP contribution is -2.25. The second kappa shape index (κ2) is 9.81. The second-order valence-corrected chi connectivity index (χ2v) is 10.1. The van der Waals surface area contributed by atoms with Crippen molar-refractivity contribution in [2.24, 2.45) is 0 Å². The first-order valence-electron chi connectivity index (χ1n) is 13.2. The minimum absolute atomic E-state index is 0.211. The van der Waals surface area contributed by atoms with E-state index in [1.807, 2.05) is 85.4 Å². The number of hydrogen-bond acceptors (Lipinski definition) is 4. The van der Waals surface area contributed by atoms with Gasteiger partial charge in [0.05, 0.1) is 40.2 Å². The molecule has 0 aliphatic heterocycles. The SMILES string of the molecule is Cc1[nH]n(-c2ccccc2)c(=O)c1C(c1cn(C2CCCCC2)nn1)c1c(C)[nH]n(-c2ccccc2)c1=O. The molecule has 0 atom stereocenters. The summed E-state index contributed by atoms with van der Waals surface area (Å²) in [7, 11) is 0. The van der Waals surface area contributed by atoms with Gasteiger partial charge in [0.2, 0.25) is 0 Å². The molecule has 0 spiro atoms. The summed E-state index contributed by atoms with van der Waals surface area (Å²) in [5, 5.41) is 15.5. The molecular weight excluding hydrogens is 478 g/mol. The van der Waals surface area contributed by atoms with E-state index in [9.17, 15) is 9.59 Å².